The Kier molecular flexibility index (Phi) is 33.5. The number of alkyl halides is 2. The van der Waals surface area contributed by atoms with E-state index < -0.39 is 0 Å². The van der Waals surface area contributed by atoms with Crippen LogP contribution in [0.15, 0.2) is 226 Å². The number of aromatic hydroxyl groups is 4. The normalized spacial score (nSPS) is 10.3. The lowest BCUT2D eigenvalue weighted by atomic mass is 10.1. The van der Waals surface area contributed by atoms with E-state index in [1.165, 1.54) is 29.2 Å². The number of aliphatic hydroxyl groups is 1. The Bertz CT molecular complexity index is 5070. The molecule has 19 nitrogen and oxygen atoms in total. The third-order valence-corrected chi connectivity index (χ3v) is 22.6. The Balaban J connectivity index is 0.000000175. The van der Waals surface area contributed by atoms with Gasteiger partial charge in [0.25, 0.3) is 0 Å². The molecule has 0 bridgehead atoms. The van der Waals surface area contributed by atoms with Gasteiger partial charge in [-0.2, -0.15) is 0 Å². The van der Waals surface area contributed by atoms with Crippen molar-refractivity contribution in [1.82, 2.24) is 29.9 Å². The van der Waals surface area contributed by atoms with Crippen molar-refractivity contribution < 1.29 is 35.1 Å². The van der Waals surface area contributed by atoms with Gasteiger partial charge in [-0.25, -0.2) is 29.9 Å². The molecule has 0 radical (unpaired) electrons. The van der Waals surface area contributed by atoms with E-state index in [9.17, 15) is 24.9 Å². The van der Waals surface area contributed by atoms with Crippen molar-refractivity contribution in [2.24, 2.45) is 11.5 Å². The summed E-state index contributed by atoms with van der Waals surface area (Å²) in [6.45, 7) is 1.93. The summed E-state index contributed by atoms with van der Waals surface area (Å²) in [5, 5.41) is 63.1. The maximum atomic E-state index is 11.2. The molecule has 0 aliphatic rings. The number of nitrogens with zero attached hydrogens (tertiary/aromatic N) is 10. The van der Waals surface area contributed by atoms with Crippen LogP contribution in [0, 0.1) is 0 Å². The Morgan fingerprint density at radius 1 is 0.324 bits per heavy atom. The maximum Gasteiger partial charge on any atom is 0.173 e. The first kappa shape index (κ1) is 86.6. The lowest BCUT2D eigenvalue weighted by Crippen LogP contribution is -2.26. The van der Waals surface area contributed by atoms with Crippen LogP contribution in [-0.4, -0.2) is 151 Å². The van der Waals surface area contributed by atoms with Crippen LogP contribution >= 0.6 is 124 Å². The smallest absolute Gasteiger partial charge is 0.173 e. The van der Waals surface area contributed by atoms with E-state index in [1.54, 1.807) is 123 Å². The van der Waals surface area contributed by atoms with Gasteiger partial charge in [-0.05, 0) is 165 Å². The molecule has 111 heavy (non-hydrogen) atoms. The number of phenolic OH excluding ortho intramolecular Hbond substituents is 4. The van der Waals surface area contributed by atoms with Gasteiger partial charge in [0.05, 0.1) is 44.8 Å². The number of anilines is 4. The molecule has 0 saturated carbocycles. The Labute approximate surface area is 697 Å². The molecule has 0 spiro atoms. The number of benzene rings is 8. The molecule has 6 aromatic heterocycles. The van der Waals surface area contributed by atoms with Gasteiger partial charge < -0.3 is 56.6 Å². The number of hydrogen-bond donors (Lipinski definition) is 7. The highest BCUT2D eigenvalue weighted by Gasteiger charge is 2.17. The first-order valence-corrected chi connectivity index (χ1v) is 42.0. The number of thiazole rings is 6. The number of carbonyl (C=O) groups excluding carboxylic acids is 2. The standard InChI is InChI=1S/C22H22N4S2.C20H17N3OS2.C18H12N2O2S2.C10H12BrNO.C8H7BrO2.C2H4N2S2.C2H6O/c1-25(2)17-9-5-15(6-10-17)19-13-27-21(23-19)22-24-20(14-28-22)16-7-11-18(12-8-16)26(3)4;1-23(2)15-7-3-13(4-8-15)17-11-25-19(21-17)20-22-18(12-26-20)14-5-9-16(24)10-6-14;21-13-5-1-11(2-6-13)15-9-23-17(19-15)18-20-16(10-24-18)12-3-7-14(22)8-4-12;1-12(2)9-5-3-8(4-6-9)10(13)7-11;9-5-8(11)6-1-3-7(10)4-2-6;3-1(5)2(4)6;1-2-3/h5-14H,1-4H3;3-12,24H,1-2H3;1-10,21-22H;3-6H,7H2,1-2H3;1-4,10H,5H2;(H2,3,5)(H2,4,6);3H,2H2,1H3. The van der Waals surface area contributed by atoms with Crippen LogP contribution in [0.1, 0.15) is 27.6 Å². The highest BCUT2D eigenvalue weighted by Crippen LogP contribution is 2.38. The van der Waals surface area contributed by atoms with Crippen LogP contribution in [0.3, 0.4) is 0 Å². The molecular weight excluding hydrogens is 1680 g/mol. The first-order chi connectivity index (χ1) is 53.2. The van der Waals surface area contributed by atoms with Crippen LogP contribution in [0.5, 0.6) is 23.0 Å². The second kappa shape index (κ2) is 43.0. The van der Waals surface area contributed by atoms with E-state index in [0.717, 1.165) is 109 Å². The van der Waals surface area contributed by atoms with E-state index in [0.29, 0.717) is 16.2 Å². The zero-order chi connectivity index (χ0) is 80.3. The SMILES string of the molecule is CCO.CN(C)c1ccc(-c2csc(-c3nc(-c4ccc(N(C)C)cc4)cs3)n2)cc1.CN(C)c1ccc(-c2csc(-c3nc(-c4ccc(O)cc4)cs3)n2)cc1.CN(C)c1ccc(C(=O)CBr)cc1.NC(=S)C(N)=S.O=C(CBr)c1ccc(O)cc1.Oc1ccc(-c2csc(-c3nc(-c4ccc(O)cc4)cs3)n2)cc1. The second-order valence-corrected chi connectivity index (χ2v) is 31.5. The molecule has 0 atom stereocenters. The molecule has 9 N–H and O–H groups in total. The van der Waals surface area contributed by atoms with Gasteiger partial charge in [-0.15, -0.1) is 68.0 Å². The van der Waals surface area contributed by atoms with Crippen LogP contribution in [0.4, 0.5) is 22.7 Å². The highest BCUT2D eigenvalue weighted by atomic mass is 79.9. The van der Waals surface area contributed by atoms with Crippen molar-refractivity contribution in [3.63, 3.8) is 0 Å². The summed E-state index contributed by atoms with van der Waals surface area (Å²) in [4.78, 5) is 59.1. The third-order valence-electron chi connectivity index (χ3n) is 15.5. The van der Waals surface area contributed by atoms with Crippen LogP contribution in [0.2, 0.25) is 0 Å². The molecular formula is C82H80Br2N12O7S8. The molecule has 572 valence electrons. The first-order valence-electron chi connectivity index (χ1n) is 33.7. The fourth-order valence-corrected chi connectivity index (χ4v) is 15.2. The van der Waals surface area contributed by atoms with E-state index in [4.69, 9.17) is 41.6 Å². The number of thiocarbonyl (C=S) groups is 2. The largest absolute Gasteiger partial charge is 0.508 e. The van der Waals surface area contributed by atoms with Crippen molar-refractivity contribution >= 4 is 169 Å². The van der Waals surface area contributed by atoms with E-state index >= 15 is 0 Å². The van der Waals surface area contributed by atoms with Gasteiger partial charge in [-0.1, -0.05) is 92.7 Å². The number of hydrogen-bond acceptors (Lipinski definition) is 25. The minimum absolute atomic E-state index is 0.0185. The zero-order valence-electron chi connectivity index (χ0n) is 61.8. The fourth-order valence-electron chi connectivity index (χ4n) is 9.46. The van der Waals surface area contributed by atoms with Crippen molar-refractivity contribution in [1.29, 1.82) is 0 Å². The molecule has 29 heteroatoms. The van der Waals surface area contributed by atoms with E-state index in [1.807, 2.05) is 138 Å². The van der Waals surface area contributed by atoms with Gasteiger partial charge in [-0.3, -0.25) is 9.59 Å². The quantitative estimate of drug-likeness (QED) is 0.0253. The number of nitrogens with two attached hydrogens (primary N) is 2. The van der Waals surface area contributed by atoms with Gasteiger partial charge >= 0.3 is 0 Å². The molecule has 0 saturated heterocycles. The molecule has 0 aliphatic heterocycles. The van der Waals surface area contributed by atoms with Crippen molar-refractivity contribution in [2.75, 3.05) is 93.2 Å². The van der Waals surface area contributed by atoms with Crippen molar-refractivity contribution in [2.45, 2.75) is 6.92 Å². The minimum Gasteiger partial charge on any atom is -0.508 e. The molecule has 0 aliphatic carbocycles. The Morgan fingerprint density at radius 2 is 0.477 bits per heavy atom. The number of halogens is 2. The third kappa shape index (κ3) is 26.0. The predicted octanol–water partition coefficient (Wildman–Crippen LogP) is 20.0. The summed E-state index contributed by atoms with van der Waals surface area (Å²) in [6, 6.07) is 60.2. The van der Waals surface area contributed by atoms with Gasteiger partial charge in [0, 0.05) is 163 Å². The van der Waals surface area contributed by atoms with Gasteiger partial charge in [0.15, 0.2) is 41.6 Å². The molecule has 14 rings (SSSR count). The zero-order valence-corrected chi connectivity index (χ0v) is 71.5. The fraction of sp³-hybridized carbons (Fsp3) is 0.146. The van der Waals surface area contributed by atoms with Crippen LogP contribution in [-0.2, 0) is 0 Å². The molecule has 6 heterocycles. The highest BCUT2D eigenvalue weighted by molar-refractivity contribution is 9.09. The van der Waals surface area contributed by atoms with E-state index in [-0.39, 0.29) is 51.1 Å². The monoisotopic (exact) mass is 1760 g/mol. The topological polar surface area (TPSA) is 278 Å². The van der Waals surface area contributed by atoms with Gasteiger partial charge in [0.2, 0.25) is 0 Å². The summed E-state index contributed by atoms with van der Waals surface area (Å²) >= 11 is 24.4. The Morgan fingerprint density at radius 3 is 0.640 bits per heavy atom. The number of aromatic nitrogens is 6. The average Bonchev–Trinajstić information content (AvgIpc) is 1.69. The summed E-state index contributed by atoms with van der Waals surface area (Å²) < 4.78 is 0. The van der Waals surface area contributed by atoms with Gasteiger partial charge in [0.1, 0.15) is 33.0 Å². The minimum atomic E-state index is 0.0185. The number of phenols is 4. The number of aliphatic hydroxyl groups excluding tert-OH is 1. The molecule has 14 aromatic rings. The molecule has 0 fully saturated rings. The number of ketones is 2. The number of rotatable bonds is 17. The second-order valence-electron chi connectivity index (χ2n) is 24.3. The maximum absolute atomic E-state index is 11.2. The Hall–Kier alpha value is -10.0. The number of Topliss-reactive ketones (excluding diaryl/α,β-unsaturated/α-hetero) is 2. The van der Waals surface area contributed by atoms with Crippen LogP contribution in [0.25, 0.3) is 97.6 Å². The number of carbonyl (C=O) groups is 2. The van der Waals surface area contributed by atoms with Crippen molar-refractivity contribution in [3.05, 3.63) is 238 Å². The molecule has 0 unspecified atom stereocenters. The average molecular weight is 1760 g/mol. The molecule has 0 amide bonds. The summed E-state index contributed by atoms with van der Waals surface area (Å²) in [6.07, 6.45) is 0. The van der Waals surface area contributed by atoms with Crippen LogP contribution < -0.4 is 31.1 Å². The lowest BCUT2D eigenvalue weighted by molar-refractivity contribution is 0.101. The predicted molar refractivity (Wildman–Crippen MR) is 482 cm³/mol. The lowest BCUT2D eigenvalue weighted by Gasteiger charge is -2.12. The summed E-state index contributed by atoms with van der Waals surface area (Å²) in [5.41, 5.74) is 27.7. The van der Waals surface area contributed by atoms with Crippen molar-refractivity contribution in [3.8, 4) is 121 Å². The molecule has 8 aromatic carbocycles. The summed E-state index contributed by atoms with van der Waals surface area (Å²) in [5.74, 6) is 1.06. The van der Waals surface area contributed by atoms with E-state index in [2.05, 4.69) is 170 Å². The summed E-state index contributed by atoms with van der Waals surface area (Å²) in [7, 11) is 16.2.